The molecule has 0 saturated heterocycles. The number of anilines is 2. The van der Waals surface area contributed by atoms with Crippen molar-refractivity contribution in [3.63, 3.8) is 0 Å². The normalized spacial score (nSPS) is 12.2. The van der Waals surface area contributed by atoms with Crippen LogP contribution >= 0.6 is 0 Å². The Balaban J connectivity index is 2.79. The van der Waals surface area contributed by atoms with Crippen molar-refractivity contribution in [1.29, 1.82) is 0 Å². The lowest BCUT2D eigenvalue weighted by Crippen LogP contribution is -2.14. The van der Waals surface area contributed by atoms with Gasteiger partial charge >= 0.3 is 0 Å². The van der Waals surface area contributed by atoms with E-state index in [-0.39, 0.29) is 0 Å². The molecule has 108 valence electrons. The molecule has 6 heteroatoms. The third kappa shape index (κ3) is 5.55. The van der Waals surface area contributed by atoms with Gasteiger partial charge in [0.15, 0.2) is 0 Å². The van der Waals surface area contributed by atoms with Gasteiger partial charge in [-0.05, 0) is 12.8 Å². The minimum Gasteiger partial charge on any atom is -0.370 e. The first-order chi connectivity index (χ1) is 9.19. The molecule has 0 amide bonds. The molecule has 0 fully saturated rings. The Morgan fingerprint density at radius 2 is 1.74 bits per heavy atom. The summed E-state index contributed by atoms with van der Waals surface area (Å²) in [5, 5.41) is 6.60. The number of hydrogen-bond donors (Lipinski definition) is 2. The van der Waals surface area contributed by atoms with E-state index in [1.165, 1.54) is 0 Å². The van der Waals surface area contributed by atoms with Crippen LogP contribution in [0.15, 0.2) is 6.33 Å². The maximum absolute atomic E-state index is 11.1. The van der Waals surface area contributed by atoms with Crippen LogP contribution in [0.25, 0.3) is 0 Å². The average molecular weight is 284 g/mol. The fourth-order valence-electron chi connectivity index (χ4n) is 1.76. The predicted octanol–water partition coefficient (Wildman–Crippen LogP) is 2.04. The van der Waals surface area contributed by atoms with E-state index in [0.29, 0.717) is 12.3 Å². The van der Waals surface area contributed by atoms with Gasteiger partial charge in [0.1, 0.15) is 18.0 Å². The van der Waals surface area contributed by atoms with E-state index < -0.39 is 10.8 Å². The number of nitrogens with one attached hydrogen (secondary N) is 2. The Kier molecular flexibility index (Phi) is 7.40. The molecule has 19 heavy (non-hydrogen) atoms. The van der Waals surface area contributed by atoms with Gasteiger partial charge in [-0.3, -0.25) is 4.21 Å². The van der Waals surface area contributed by atoms with Gasteiger partial charge in [-0.2, -0.15) is 0 Å². The van der Waals surface area contributed by atoms with E-state index in [2.05, 4.69) is 34.4 Å². The van der Waals surface area contributed by atoms with Gasteiger partial charge in [0.05, 0.1) is 0 Å². The van der Waals surface area contributed by atoms with Gasteiger partial charge in [-0.25, -0.2) is 9.97 Å². The Bertz CT molecular complexity index is 412. The summed E-state index contributed by atoms with van der Waals surface area (Å²) in [6, 6.07) is 0. The van der Waals surface area contributed by atoms with E-state index >= 15 is 0 Å². The second kappa shape index (κ2) is 8.85. The largest absolute Gasteiger partial charge is 0.370 e. The van der Waals surface area contributed by atoms with Crippen LogP contribution in [-0.4, -0.2) is 39.3 Å². The van der Waals surface area contributed by atoms with Gasteiger partial charge in [-0.15, -0.1) is 0 Å². The van der Waals surface area contributed by atoms with E-state index in [1.54, 1.807) is 12.6 Å². The molecule has 0 aliphatic carbocycles. The van der Waals surface area contributed by atoms with Crippen molar-refractivity contribution < 1.29 is 4.21 Å². The quantitative estimate of drug-likeness (QED) is 0.726. The molecule has 0 saturated carbocycles. The standard InChI is InChI=1S/C13H24N4OS/c1-4-6-11-12(14-7-5-2)16-10-17-13(11)15-8-9-19(3)18/h10H,4-9H2,1-3H3,(H2,14,15,16,17). The van der Waals surface area contributed by atoms with Crippen molar-refractivity contribution in [2.75, 3.05) is 35.7 Å². The van der Waals surface area contributed by atoms with E-state index in [1.807, 2.05) is 0 Å². The monoisotopic (exact) mass is 284 g/mol. The highest BCUT2D eigenvalue weighted by Crippen LogP contribution is 2.21. The minimum absolute atomic E-state index is 0.632. The lowest BCUT2D eigenvalue weighted by molar-refractivity contribution is 0.687. The molecule has 1 unspecified atom stereocenters. The summed E-state index contributed by atoms with van der Waals surface area (Å²) < 4.78 is 11.1. The number of nitrogens with zero attached hydrogens (tertiary/aromatic N) is 2. The second-order valence-corrected chi connectivity index (χ2v) is 5.98. The molecule has 1 aromatic heterocycles. The van der Waals surface area contributed by atoms with Crippen LogP contribution in [0.1, 0.15) is 32.3 Å². The molecule has 1 aromatic rings. The van der Waals surface area contributed by atoms with Crippen LogP contribution in [0.3, 0.4) is 0 Å². The molecule has 0 aliphatic heterocycles. The Morgan fingerprint density at radius 1 is 1.11 bits per heavy atom. The summed E-state index contributed by atoms with van der Waals surface area (Å²) in [6.45, 7) is 5.85. The van der Waals surface area contributed by atoms with Crippen LogP contribution in [0.4, 0.5) is 11.6 Å². The first-order valence-electron chi connectivity index (χ1n) is 6.80. The van der Waals surface area contributed by atoms with Gasteiger partial charge in [0, 0.05) is 41.5 Å². The van der Waals surface area contributed by atoms with Crippen LogP contribution in [0.2, 0.25) is 0 Å². The molecular weight excluding hydrogens is 260 g/mol. The van der Waals surface area contributed by atoms with Gasteiger partial charge < -0.3 is 10.6 Å². The molecular formula is C13H24N4OS. The van der Waals surface area contributed by atoms with Crippen molar-refractivity contribution in [3.05, 3.63) is 11.9 Å². The summed E-state index contributed by atoms with van der Waals surface area (Å²) in [7, 11) is -0.781. The minimum atomic E-state index is -0.781. The zero-order chi connectivity index (χ0) is 14.1. The SMILES string of the molecule is CCCNc1ncnc(NCCS(C)=O)c1CCC. The van der Waals surface area contributed by atoms with Crippen LogP contribution in [0, 0.1) is 0 Å². The van der Waals surface area contributed by atoms with Crippen molar-refractivity contribution in [2.45, 2.75) is 33.1 Å². The molecule has 2 N–H and O–H groups in total. The third-order valence-electron chi connectivity index (χ3n) is 2.67. The molecule has 1 atom stereocenters. The lowest BCUT2D eigenvalue weighted by atomic mass is 10.1. The number of aromatic nitrogens is 2. The van der Waals surface area contributed by atoms with Crippen LogP contribution < -0.4 is 10.6 Å². The topological polar surface area (TPSA) is 66.9 Å². The summed E-state index contributed by atoms with van der Waals surface area (Å²) >= 11 is 0. The Hall–Kier alpha value is -1.17. The summed E-state index contributed by atoms with van der Waals surface area (Å²) in [4.78, 5) is 8.62. The zero-order valence-corrected chi connectivity index (χ0v) is 12.8. The van der Waals surface area contributed by atoms with E-state index in [0.717, 1.165) is 43.0 Å². The van der Waals surface area contributed by atoms with Gasteiger partial charge in [0.25, 0.3) is 0 Å². The fraction of sp³-hybridized carbons (Fsp3) is 0.692. The van der Waals surface area contributed by atoms with Gasteiger partial charge in [0.2, 0.25) is 0 Å². The summed E-state index contributed by atoms with van der Waals surface area (Å²) in [6.07, 6.45) is 6.32. The van der Waals surface area contributed by atoms with Crippen LogP contribution in [0.5, 0.6) is 0 Å². The average Bonchev–Trinajstić information content (AvgIpc) is 2.38. The zero-order valence-electron chi connectivity index (χ0n) is 12.0. The van der Waals surface area contributed by atoms with Gasteiger partial charge in [-0.1, -0.05) is 20.3 Å². The molecule has 0 aliphatic rings. The highest BCUT2D eigenvalue weighted by molar-refractivity contribution is 7.84. The Morgan fingerprint density at radius 3 is 2.26 bits per heavy atom. The number of rotatable bonds is 9. The highest BCUT2D eigenvalue weighted by Gasteiger charge is 2.10. The van der Waals surface area contributed by atoms with Crippen LogP contribution in [-0.2, 0) is 17.2 Å². The maximum atomic E-state index is 11.1. The maximum Gasteiger partial charge on any atom is 0.134 e. The summed E-state index contributed by atoms with van der Waals surface area (Å²) in [5.74, 6) is 2.41. The van der Waals surface area contributed by atoms with Crippen molar-refractivity contribution in [1.82, 2.24) is 9.97 Å². The third-order valence-corrected chi connectivity index (χ3v) is 3.45. The second-order valence-electron chi connectivity index (χ2n) is 4.43. The molecule has 0 bridgehead atoms. The molecule has 1 heterocycles. The van der Waals surface area contributed by atoms with E-state index in [4.69, 9.17) is 0 Å². The first kappa shape index (κ1) is 15.9. The molecule has 0 spiro atoms. The molecule has 0 radical (unpaired) electrons. The van der Waals surface area contributed by atoms with Crippen molar-refractivity contribution in [3.8, 4) is 0 Å². The smallest absolute Gasteiger partial charge is 0.134 e. The number of hydrogen-bond acceptors (Lipinski definition) is 5. The van der Waals surface area contributed by atoms with E-state index in [9.17, 15) is 4.21 Å². The fourth-order valence-corrected chi connectivity index (χ4v) is 2.15. The lowest BCUT2D eigenvalue weighted by Gasteiger charge is -2.14. The summed E-state index contributed by atoms with van der Waals surface area (Å²) in [5.41, 5.74) is 1.13. The highest BCUT2D eigenvalue weighted by atomic mass is 32.2. The molecule has 1 rings (SSSR count). The Labute approximate surface area is 118 Å². The predicted molar refractivity (Wildman–Crippen MR) is 82.2 cm³/mol. The first-order valence-corrected chi connectivity index (χ1v) is 8.53. The van der Waals surface area contributed by atoms with Crippen molar-refractivity contribution >= 4 is 22.4 Å². The molecule has 5 nitrogen and oxygen atoms in total. The van der Waals surface area contributed by atoms with Crippen molar-refractivity contribution in [2.24, 2.45) is 0 Å². The molecule has 0 aromatic carbocycles.